The molecule has 0 aromatic carbocycles. The monoisotopic (exact) mass is 292 g/mol. The van der Waals surface area contributed by atoms with Crippen molar-refractivity contribution in [2.75, 3.05) is 20.1 Å². The molecule has 0 saturated carbocycles. The molecule has 0 spiro atoms. The summed E-state index contributed by atoms with van der Waals surface area (Å²) in [5.41, 5.74) is 0. The number of hydrogen-bond acceptors (Lipinski definition) is 4. The first-order valence-electron chi connectivity index (χ1n) is 5.78. The van der Waals surface area contributed by atoms with Gasteiger partial charge in [0.15, 0.2) is 0 Å². The van der Waals surface area contributed by atoms with Gasteiger partial charge in [-0.05, 0) is 26.4 Å². The Morgan fingerprint density at radius 1 is 1.50 bits per heavy atom. The number of rotatable bonds is 3. The standard InChI is InChI=1S/C10H17ClN4O2S/c1-14-5-3-4-8(6-14)13-18(16,17)10-9(11)15(2)7-12-10/h7-8,13H,3-6H2,1-2H3. The zero-order valence-corrected chi connectivity index (χ0v) is 12.0. The average molecular weight is 293 g/mol. The molecule has 0 aliphatic carbocycles. The zero-order valence-electron chi connectivity index (χ0n) is 10.4. The maximum absolute atomic E-state index is 12.2. The van der Waals surface area contributed by atoms with Gasteiger partial charge in [0.25, 0.3) is 10.0 Å². The van der Waals surface area contributed by atoms with Crippen molar-refractivity contribution < 1.29 is 8.42 Å². The number of sulfonamides is 1. The SMILES string of the molecule is CN1CCCC(NS(=O)(=O)c2ncn(C)c2Cl)C1. The van der Waals surface area contributed by atoms with E-state index in [1.54, 1.807) is 7.05 Å². The van der Waals surface area contributed by atoms with Gasteiger partial charge < -0.3 is 9.47 Å². The zero-order chi connectivity index (χ0) is 13.3. The van der Waals surface area contributed by atoms with Gasteiger partial charge in [0, 0.05) is 19.6 Å². The largest absolute Gasteiger partial charge is 0.324 e. The number of nitrogens with zero attached hydrogens (tertiary/aromatic N) is 3. The highest BCUT2D eigenvalue weighted by atomic mass is 35.5. The summed E-state index contributed by atoms with van der Waals surface area (Å²) < 4.78 is 28.4. The van der Waals surface area contributed by atoms with Crippen molar-refractivity contribution in [1.29, 1.82) is 0 Å². The second kappa shape index (κ2) is 5.16. The second-order valence-corrected chi connectivity index (χ2v) is 6.66. The predicted octanol–water partition coefficient (Wildman–Crippen LogP) is 0.446. The van der Waals surface area contributed by atoms with Crippen LogP contribution in [0.5, 0.6) is 0 Å². The molecule has 0 bridgehead atoms. The smallest absolute Gasteiger partial charge is 0.261 e. The fraction of sp³-hybridized carbons (Fsp3) is 0.700. The first-order valence-corrected chi connectivity index (χ1v) is 7.64. The van der Waals surface area contributed by atoms with E-state index in [4.69, 9.17) is 11.6 Å². The predicted molar refractivity (Wildman–Crippen MR) is 69.1 cm³/mol. The van der Waals surface area contributed by atoms with E-state index in [1.807, 2.05) is 7.05 Å². The first-order chi connectivity index (χ1) is 8.40. The van der Waals surface area contributed by atoms with Crippen molar-refractivity contribution in [2.45, 2.75) is 23.9 Å². The Morgan fingerprint density at radius 2 is 2.22 bits per heavy atom. The third kappa shape index (κ3) is 2.85. The average Bonchev–Trinajstić information content (AvgIpc) is 2.59. The molecular formula is C10H17ClN4O2S. The Labute approximate surface area is 112 Å². The lowest BCUT2D eigenvalue weighted by atomic mass is 10.1. The number of aromatic nitrogens is 2. The number of hydrogen-bond donors (Lipinski definition) is 1. The molecule has 2 rings (SSSR count). The number of imidazole rings is 1. The van der Waals surface area contributed by atoms with E-state index < -0.39 is 10.0 Å². The van der Waals surface area contributed by atoms with E-state index in [0.717, 1.165) is 19.4 Å². The van der Waals surface area contributed by atoms with Crippen molar-refractivity contribution in [3.63, 3.8) is 0 Å². The fourth-order valence-corrected chi connectivity index (χ4v) is 3.80. The maximum Gasteiger partial charge on any atom is 0.261 e. The van der Waals surface area contributed by atoms with Crippen LogP contribution >= 0.6 is 11.6 Å². The fourth-order valence-electron chi connectivity index (χ4n) is 2.11. The number of likely N-dealkylation sites (N-methyl/N-ethyl adjacent to an activating group) is 1. The Morgan fingerprint density at radius 3 is 2.78 bits per heavy atom. The van der Waals surface area contributed by atoms with Crippen LogP contribution < -0.4 is 4.72 Å². The molecule has 2 heterocycles. The molecule has 1 N–H and O–H groups in total. The van der Waals surface area contributed by atoms with Gasteiger partial charge in [-0.3, -0.25) is 0 Å². The highest BCUT2D eigenvalue weighted by Gasteiger charge is 2.27. The summed E-state index contributed by atoms with van der Waals surface area (Å²) in [6.07, 6.45) is 3.22. The van der Waals surface area contributed by atoms with E-state index in [2.05, 4.69) is 14.6 Å². The molecule has 1 aromatic rings. The molecule has 0 radical (unpaired) electrons. The molecule has 1 atom stereocenters. The van der Waals surface area contributed by atoms with Gasteiger partial charge in [-0.25, -0.2) is 18.1 Å². The van der Waals surface area contributed by atoms with Crippen molar-refractivity contribution in [3.05, 3.63) is 11.5 Å². The molecule has 6 nitrogen and oxygen atoms in total. The van der Waals surface area contributed by atoms with Gasteiger partial charge in [-0.15, -0.1) is 0 Å². The Kier molecular flexibility index (Phi) is 3.96. The summed E-state index contributed by atoms with van der Waals surface area (Å²) in [7, 11) is 0.00213. The van der Waals surface area contributed by atoms with Crippen molar-refractivity contribution >= 4 is 21.6 Å². The molecule has 1 aliphatic heterocycles. The number of aryl methyl sites for hydroxylation is 1. The van der Waals surface area contributed by atoms with E-state index in [-0.39, 0.29) is 16.2 Å². The summed E-state index contributed by atoms with van der Waals surface area (Å²) in [5, 5.41) is 0.0338. The molecule has 8 heteroatoms. The van der Waals surface area contributed by atoms with Crippen LogP contribution in [0.2, 0.25) is 5.15 Å². The van der Waals surface area contributed by atoms with Crippen LogP contribution in [0.3, 0.4) is 0 Å². The van der Waals surface area contributed by atoms with Crippen LogP contribution in [0.1, 0.15) is 12.8 Å². The summed E-state index contributed by atoms with van der Waals surface area (Å²) in [5.74, 6) is 0. The maximum atomic E-state index is 12.2. The molecule has 1 unspecified atom stereocenters. The highest BCUT2D eigenvalue weighted by Crippen LogP contribution is 2.19. The van der Waals surface area contributed by atoms with Crippen molar-refractivity contribution in [2.24, 2.45) is 7.05 Å². The molecule has 1 aliphatic rings. The summed E-state index contributed by atoms with van der Waals surface area (Å²) in [6.45, 7) is 1.71. The lowest BCUT2D eigenvalue weighted by Gasteiger charge is -2.29. The van der Waals surface area contributed by atoms with Crippen LogP contribution in [-0.4, -0.2) is 49.0 Å². The minimum Gasteiger partial charge on any atom is -0.324 e. The Balaban J connectivity index is 2.14. The third-order valence-corrected chi connectivity index (χ3v) is 5.04. The van der Waals surface area contributed by atoms with E-state index in [0.29, 0.717) is 6.54 Å². The van der Waals surface area contributed by atoms with Crippen LogP contribution in [-0.2, 0) is 17.1 Å². The molecule has 1 fully saturated rings. The minimum absolute atomic E-state index is 0.0770. The first kappa shape index (κ1) is 13.8. The molecule has 102 valence electrons. The van der Waals surface area contributed by atoms with E-state index >= 15 is 0 Å². The quantitative estimate of drug-likeness (QED) is 0.878. The van der Waals surface area contributed by atoms with Crippen LogP contribution in [0.4, 0.5) is 0 Å². The van der Waals surface area contributed by atoms with Gasteiger partial charge >= 0.3 is 0 Å². The topological polar surface area (TPSA) is 67.2 Å². The lowest BCUT2D eigenvalue weighted by molar-refractivity contribution is 0.242. The molecule has 18 heavy (non-hydrogen) atoms. The Hall–Kier alpha value is -0.630. The highest BCUT2D eigenvalue weighted by molar-refractivity contribution is 7.89. The minimum atomic E-state index is -3.63. The van der Waals surface area contributed by atoms with E-state index in [1.165, 1.54) is 10.9 Å². The van der Waals surface area contributed by atoms with Gasteiger partial charge in [-0.2, -0.15) is 0 Å². The molecule has 1 saturated heterocycles. The van der Waals surface area contributed by atoms with Crippen molar-refractivity contribution in [1.82, 2.24) is 19.2 Å². The van der Waals surface area contributed by atoms with Crippen LogP contribution in [0.25, 0.3) is 0 Å². The van der Waals surface area contributed by atoms with Crippen molar-refractivity contribution in [3.8, 4) is 0 Å². The number of nitrogens with one attached hydrogen (secondary N) is 1. The number of halogens is 1. The van der Waals surface area contributed by atoms with Gasteiger partial charge in [-0.1, -0.05) is 11.6 Å². The second-order valence-electron chi connectivity index (χ2n) is 4.67. The molecule has 0 amide bonds. The molecular weight excluding hydrogens is 276 g/mol. The summed E-state index contributed by atoms with van der Waals surface area (Å²) >= 11 is 5.91. The van der Waals surface area contributed by atoms with Gasteiger partial charge in [0.1, 0.15) is 5.15 Å². The normalized spacial score (nSPS) is 22.3. The summed E-state index contributed by atoms with van der Waals surface area (Å²) in [6, 6.07) is -0.0770. The van der Waals surface area contributed by atoms with E-state index in [9.17, 15) is 8.42 Å². The molecule has 1 aromatic heterocycles. The van der Waals surface area contributed by atoms with Gasteiger partial charge in [0.05, 0.1) is 6.33 Å². The third-order valence-electron chi connectivity index (χ3n) is 3.04. The number of likely N-dealkylation sites (tertiary alicyclic amines) is 1. The van der Waals surface area contributed by atoms with Gasteiger partial charge in [0.2, 0.25) is 5.03 Å². The van der Waals surface area contributed by atoms with Crippen LogP contribution in [0, 0.1) is 0 Å². The summed E-state index contributed by atoms with van der Waals surface area (Å²) in [4.78, 5) is 5.95. The Bertz CT molecular complexity index is 528. The lowest BCUT2D eigenvalue weighted by Crippen LogP contribution is -2.46. The van der Waals surface area contributed by atoms with Crippen LogP contribution in [0.15, 0.2) is 11.4 Å². The number of piperidine rings is 1.